The number of piperazine rings is 1. The van der Waals surface area contributed by atoms with Crippen molar-refractivity contribution in [2.24, 2.45) is 0 Å². The average Bonchev–Trinajstić information content (AvgIpc) is 3.37. The maximum atomic E-state index is 6.13. The van der Waals surface area contributed by atoms with Crippen LogP contribution in [0, 0.1) is 0 Å². The van der Waals surface area contributed by atoms with Crippen LogP contribution in [0.2, 0.25) is 5.02 Å². The molecule has 1 aromatic carbocycles. The van der Waals surface area contributed by atoms with Gasteiger partial charge in [-0.25, -0.2) is 4.68 Å². The van der Waals surface area contributed by atoms with Gasteiger partial charge in [-0.2, -0.15) is 0 Å². The van der Waals surface area contributed by atoms with E-state index in [9.17, 15) is 0 Å². The molecule has 2 aliphatic heterocycles. The monoisotopic (exact) mass is 390 g/mol. The van der Waals surface area contributed by atoms with E-state index < -0.39 is 0 Å². The van der Waals surface area contributed by atoms with Gasteiger partial charge in [0, 0.05) is 37.8 Å². The molecular formula is C19H27ClN6O. The van der Waals surface area contributed by atoms with Crippen molar-refractivity contribution in [1.82, 2.24) is 30.0 Å². The van der Waals surface area contributed by atoms with E-state index >= 15 is 0 Å². The van der Waals surface area contributed by atoms with E-state index in [0.29, 0.717) is 6.54 Å². The number of ether oxygens (including phenoxy) is 1. The van der Waals surface area contributed by atoms with E-state index in [1.165, 1.54) is 5.56 Å². The van der Waals surface area contributed by atoms with E-state index in [2.05, 4.69) is 44.4 Å². The molecule has 0 N–H and O–H groups in total. The van der Waals surface area contributed by atoms with Crippen LogP contribution in [0.4, 0.5) is 0 Å². The zero-order chi connectivity index (χ0) is 18.6. The standard InChI is InChI=1S/C19H27ClN6O/c1-2-24-9-11-25(12-10-24)18(15-5-7-16(20)8-6-15)19-21-22-23-26(19)14-17-4-3-13-27-17/h5-8,17-18H,2-4,9-14H2,1H3/t17-,18+/m0/s1. The van der Waals surface area contributed by atoms with Gasteiger partial charge in [-0.15, -0.1) is 5.10 Å². The Morgan fingerprint density at radius 1 is 1.19 bits per heavy atom. The molecule has 0 aliphatic carbocycles. The van der Waals surface area contributed by atoms with E-state index in [1.807, 2.05) is 16.8 Å². The smallest absolute Gasteiger partial charge is 0.173 e. The molecule has 0 radical (unpaired) electrons. The number of likely N-dealkylation sites (N-methyl/N-ethyl adjacent to an activating group) is 1. The van der Waals surface area contributed by atoms with Crippen LogP contribution in [0.3, 0.4) is 0 Å². The quantitative estimate of drug-likeness (QED) is 0.753. The van der Waals surface area contributed by atoms with Crippen LogP contribution in [0.1, 0.15) is 37.2 Å². The first kappa shape index (κ1) is 18.8. The number of nitrogens with zero attached hydrogens (tertiary/aromatic N) is 6. The third-order valence-corrected chi connectivity index (χ3v) is 5.86. The average molecular weight is 391 g/mol. The van der Waals surface area contributed by atoms with E-state index in [-0.39, 0.29) is 12.1 Å². The molecule has 8 heteroatoms. The van der Waals surface area contributed by atoms with Gasteiger partial charge in [0.05, 0.1) is 18.7 Å². The highest BCUT2D eigenvalue weighted by molar-refractivity contribution is 6.30. The molecule has 3 heterocycles. The highest BCUT2D eigenvalue weighted by Crippen LogP contribution is 2.29. The number of hydrogen-bond acceptors (Lipinski definition) is 6. The Morgan fingerprint density at radius 3 is 2.63 bits per heavy atom. The Balaban J connectivity index is 1.62. The van der Waals surface area contributed by atoms with Crippen molar-refractivity contribution in [3.05, 3.63) is 40.7 Å². The lowest BCUT2D eigenvalue weighted by atomic mass is 10.0. The lowest BCUT2D eigenvalue weighted by molar-refractivity contribution is 0.0861. The van der Waals surface area contributed by atoms with Gasteiger partial charge in [0.2, 0.25) is 0 Å². The second-order valence-corrected chi connectivity index (χ2v) is 7.71. The number of benzene rings is 1. The number of rotatable bonds is 6. The number of halogens is 1. The summed E-state index contributed by atoms with van der Waals surface area (Å²) in [6.45, 7) is 8.97. The molecular weight excluding hydrogens is 364 g/mol. The molecule has 4 rings (SSSR count). The van der Waals surface area contributed by atoms with Gasteiger partial charge < -0.3 is 9.64 Å². The summed E-state index contributed by atoms with van der Waals surface area (Å²) in [4.78, 5) is 4.96. The molecule has 2 fully saturated rings. The Bertz CT molecular complexity index is 722. The van der Waals surface area contributed by atoms with Gasteiger partial charge in [0.25, 0.3) is 0 Å². The van der Waals surface area contributed by atoms with Crippen LogP contribution < -0.4 is 0 Å². The Hall–Kier alpha value is -1.54. The van der Waals surface area contributed by atoms with Gasteiger partial charge in [-0.1, -0.05) is 30.7 Å². The van der Waals surface area contributed by atoms with Crippen LogP contribution in [0.15, 0.2) is 24.3 Å². The van der Waals surface area contributed by atoms with Gasteiger partial charge in [0.1, 0.15) is 0 Å². The first-order valence-electron chi connectivity index (χ1n) is 9.84. The summed E-state index contributed by atoms with van der Waals surface area (Å²) >= 11 is 6.13. The molecule has 0 bridgehead atoms. The molecule has 2 aliphatic rings. The summed E-state index contributed by atoms with van der Waals surface area (Å²) in [6.07, 6.45) is 2.39. The molecule has 0 saturated carbocycles. The van der Waals surface area contributed by atoms with Gasteiger partial charge >= 0.3 is 0 Å². The molecule has 1 aromatic heterocycles. The second kappa shape index (κ2) is 8.65. The van der Waals surface area contributed by atoms with Gasteiger partial charge in [0.15, 0.2) is 5.82 Å². The highest BCUT2D eigenvalue weighted by atomic mass is 35.5. The molecule has 2 saturated heterocycles. The minimum Gasteiger partial charge on any atom is -0.376 e. The molecule has 0 unspecified atom stereocenters. The van der Waals surface area contributed by atoms with Crippen molar-refractivity contribution in [2.75, 3.05) is 39.3 Å². The van der Waals surface area contributed by atoms with Crippen LogP contribution in [0.25, 0.3) is 0 Å². The summed E-state index contributed by atoms with van der Waals surface area (Å²) in [5.41, 5.74) is 1.17. The fourth-order valence-corrected chi connectivity index (χ4v) is 4.15. The molecule has 7 nitrogen and oxygen atoms in total. The molecule has 2 atom stereocenters. The zero-order valence-electron chi connectivity index (χ0n) is 15.8. The third kappa shape index (κ3) is 4.32. The normalized spacial score (nSPS) is 23.0. The van der Waals surface area contributed by atoms with Crippen LogP contribution >= 0.6 is 11.6 Å². The Labute approximate surface area is 165 Å². The van der Waals surface area contributed by atoms with Crippen LogP contribution in [-0.2, 0) is 11.3 Å². The lowest BCUT2D eigenvalue weighted by Gasteiger charge is -2.38. The summed E-state index contributed by atoms with van der Waals surface area (Å²) in [7, 11) is 0. The minimum absolute atomic E-state index is 0.0256. The first-order chi connectivity index (χ1) is 13.2. The second-order valence-electron chi connectivity index (χ2n) is 7.28. The predicted molar refractivity (Wildman–Crippen MR) is 104 cm³/mol. The van der Waals surface area contributed by atoms with Crippen molar-refractivity contribution >= 4 is 11.6 Å². The molecule has 0 spiro atoms. The third-order valence-electron chi connectivity index (χ3n) is 5.61. The largest absolute Gasteiger partial charge is 0.376 e. The Kier molecular flexibility index (Phi) is 6.02. The van der Waals surface area contributed by atoms with Crippen molar-refractivity contribution in [2.45, 2.75) is 38.5 Å². The van der Waals surface area contributed by atoms with Crippen molar-refractivity contribution in [3.63, 3.8) is 0 Å². The van der Waals surface area contributed by atoms with Crippen molar-refractivity contribution in [1.29, 1.82) is 0 Å². The lowest BCUT2D eigenvalue weighted by Crippen LogP contribution is -2.48. The molecule has 2 aromatic rings. The SMILES string of the molecule is CCN1CCN([C@H](c2ccc(Cl)cc2)c2nnnn2C[C@@H]2CCCO2)CC1. The van der Waals surface area contributed by atoms with Gasteiger partial charge in [-0.3, -0.25) is 4.90 Å². The molecule has 146 valence electrons. The maximum Gasteiger partial charge on any atom is 0.173 e. The summed E-state index contributed by atoms with van der Waals surface area (Å²) < 4.78 is 7.73. The molecule has 0 amide bonds. The van der Waals surface area contributed by atoms with Crippen LogP contribution in [-0.4, -0.2) is 75.4 Å². The first-order valence-corrected chi connectivity index (χ1v) is 10.2. The topological polar surface area (TPSA) is 59.3 Å². The fourth-order valence-electron chi connectivity index (χ4n) is 4.02. The summed E-state index contributed by atoms with van der Waals surface area (Å²) in [5, 5.41) is 13.5. The fraction of sp³-hybridized carbons (Fsp3) is 0.632. The molecule has 27 heavy (non-hydrogen) atoms. The van der Waals surface area contributed by atoms with Crippen molar-refractivity contribution < 1.29 is 4.74 Å². The minimum atomic E-state index is 0.0256. The predicted octanol–water partition coefficient (Wildman–Crippen LogP) is 2.23. The Morgan fingerprint density at radius 2 is 1.96 bits per heavy atom. The zero-order valence-corrected chi connectivity index (χ0v) is 16.6. The van der Waals surface area contributed by atoms with Crippen LogP contribution in [0.5, 0.6) is 0 Å². The van der Waals surface area contributed by atoms with Gasteiger partial charge in [-0.05, 0) is 47.5 Å². The summed E-state index contributed by atoms with van der Waals surface area (Å²) in [6, 6.07) is 8.09. The van der Waals surface area contributed by atoms with Crippen molar-refractivity contribution in [3.8, 4) is 0 Å². The number of aromatic nitrogens is 4. The highest BCUT2D eigenvalue weighted by Gasteiger charge is 2.31. The van der Waals surface area contributed by atoms with E-state index in [1.54, 1.807) is 0 Å². The number of tetrazole rings is 1. The van der Waals surface area contributed by atoms with E-state index in [4.69, 9.17) is 16.3 Å². The van der Waals surface area contributed by atoms with E-state index in [0.717, 1.165) is 63.0 Å². The summed E-state index contributed by atoms with van der Waals surface area (Å²) in [5.74, 6) is 0.887. The number of hydrogen-bond donors (Lipinski definition) is 0. The maximum absolute atomic E-state index is 6.13.